The van der Waals surface area contributed by atoms with Gasteiger partial charge in [-0.25, -0.2) is 0 Å². The van der Waals surface area contributed by atoms with Gasteiger partial charge >= 0.3 is 0 Å². The first-order chi connectivity index (χ1) is 18.8. The number of aliphatic hydroxyl groups excluding tert-OH is 1. The van der Waals surface area contributed by atoms with E-state index in [0.717, 1.165) is 0 Å². The maximum atomic E-state index is 13.5. The van der Waals surface area contributed by atoms with Crippen LogP contribution in [0.5, 0.6) is 17.2 Å². The van der Waals surface area contributed by atoms with Crippen LogP contribution < -0.4 is 24.4 Å². The minimum absolute atomic E-state index is 0.0932. The summed E-state index contributed by atoms with van der Waals surface area (Å²) in [5.41, 5.74) is 1.67. The number of methoxy groups -OCH3 is 1. The maximum Gasteiger partial charge on any atom is 0.300 e. The summed E-state index contributed by atoms with van der Waals surface area (Å²) < 4.78 is 16.7. The fourth-order valence-electron chi connectivity index (χ4n) is 4.51. The molecule has 1 saturated heterocycles. The van der Waals surface area contributed by atoms with E-state index in [9.17, 15) is 19.5 Å². The van der Waals surface area contributed by atoms with E-state index in [2.05, 4.69) is 5.32 Å². The zero-order valence-corrected chi connectivity index (χ0v) is 22.2. The second kappa shape index (κ2) is 11.7. The van der Waals surface area contributed by atoms with Crippen LogP contribution >= 0.6 is 0 Å². The smallest absolute Gasteiger partial charge is 0.300 e. The van der Waals surface area contributed by atoms with E-state index in [0.29, 0.717) is 47.4 Å². The van der Waals surface area contributed by atoms with Crippen molar-refractivity contribution in [3.63, 3.8) is 0 Å². The van der Waals surface area contributed by atoms with Crippen LogP contribution in [0.2, 0.25) is 0 Å². The molecule has 3 aromatic rings. The van der Waals surface area contributed by atoms with E-state index in [1.807, 2.05) is 6.92 Å². The Labute approximate surface area is 226 Å². The second-order valence-corrected chi connectivity index (χ2v) is 8.70. The Balaban J connectivity index is 1.91. The number of amides is 2. The van der Waals surface area contributed by atoms with Gasteiger partial charge in [0.15, 0.2) is 0 Å². The molecular weight excluding hydrogens is 500 g/mol. The van der Waals surface area contributed by atoms with Gasteiger partial charge in [0, 0.05) is 24.4 Å². The van der Waals surface area contributed by atoms with Gasteiger partial charge in [-0.1, -0.05) is 12.1 Å². The van der Waals surface area contributed by atoms with Crippen molar-refractivity contribution >= 4 is 34.7 Å². The van der Waals surface area contributed by atoms with Gasteiger partial charge in [-0.05, 0) is 67.9 Å². The summed E-state index contributed by atoms with van der Waals surface area (Å²) >= 11 is 0. The lowest BCUT2D eigenvalue weighted by atomic mass is 9.94. The van der Waals surface area contributed by atoms with E-state index in [4.69, 9.17) is 14.2 Å². The second-order valence-electron chi connectivity index (χ2n) is 8.70. The molecule has 202 valence electrons. The fourth-order valence-corrected chi connectivity index (χ4v) is 4.51. The van der Waals surface area contributed by atoms with Crippen molar-refractivity contribution in [2.45, 2.75) is 26.8 Å². The first kappa shape index (κ1) is 27.3. The molecule has 39 heavy (non-hydrogen) atoms. The summed E-state index contributed by atoms with van der Waals surface area (Å²) in [5.74, 6) is -0.874. The molecule has 0 saturated carbocycles. The zero-order chi connectivity index (χ0) is 28.1. The Bertz CT molecular complexity index is 1430. The zero-order valence-electron chi connectivity index (χ0n) is 22.2. The van der Waals surface area contributed by atoms with Gasteiger partial charge in [0.05, 0.1) is 37.5 Å². The van der Waals surface area contributed by atoms with Gasteiger partial charge in [0.2, 0.25) is 5.91 Å². The molecule has 0 spiro atoms. The molecule has 4 rings (SSSR count). The molecule has 1 aliphatic rings. The summed E-state index contributed by atoms with van der Waals surface area (Å²) in [6.45, 7) is 5.80. The van der Waals surface area contributed by atoms with E-state index >= 15 is 0 Å². The Morgan fingerprint density at radius 3 is 2.31 bits per heavy atom. The third kappa shape index (κ3) is 5.57. The number of ketones is 1. The van der Waals surface area contributed by atoms with Crippen LogP contribution in [0.15, 0.2) is 72.3 Å². The van der Waals surface area contributed by atoms with Crippen molar-refractivity contribution in [2.75, 3.05) is 30.5 Å². The van der Waals surface area contributed by atoms with Gasteiger partial charge in [0.25, 0.3) is 11.7 Å². The number of carbonyl (C=O) groups excluding carboxylic acids is 3. The number of Topliss-reactive ketones (excluding diaryl/α,β-unsaturated/α-hetero) is 1. The maximum absolute atomic E-state index is 13.5. The summed E-state index contributed by atoms with van der Waals surface area (Å²) in [5, 5.41) is 14.3. The molecule has 0 bridgehead atoms. The molecule has 0 aliphatic carbocycles. The molecule has 2 N–H and O–H groups in total. The molecule has 0 radical (unpaired) electrons. The monoisotopic (exact) mass is 530 g/mol. The van der Waals surface area contributed by atoms with Gasteiger partial charge in [-0.2, -0.15) is 0 Å². The number of nitrogens with zero attached hydrogens (tertiary/aromatic N) is 1. The first-order valence-corrected chi connectivity index (χ1v) is 12.5. The minimum Gasteiger partial charge on any atom is -0.507 e. The molecule has 1 atom stereocenters. The van der Waals surface area contributed by atoms with Gasteiger partial charge < -0.3 is 24.6 Å². The van der Waals surface area contributed by atoms with Gasteiger partial charge in [-0.3, -0.25) is 19.3 Å². The van der Waals surface area contributed by atoms with Crippen LogP contribution in [0.25, 0.3) is 5.76 Å². The number of aliphatic hydroxyl groups is 1. The molecule has 2 amide bonds. The number of hydrogen-bond acceptors (Lipinski definition) is 7. The lowest BCUT2D eigenvalue weighted by Gasteiger charge is -2.26. The summed E-state index contributed by atoms with van der Waals surface area (Å²) in [7, 11) is 1.52. The van der Waals surface area contributed by atoms with Crippen LogP contribution in [0, 0.1) is 0 Å². The Hall–Kier alpha value is -4.79. The average molecular weight is 531 g/mol. The standard InChI is InChI=1S/C30H30N2O7/c1-5-38-23-14-15-24(25(17-23)39-6-2)28(34)26-27(19-8-7-9-22(16-19)37-4)32(30(36)29(26)35)21-12-10-20(11-13-21)31-18(3)33/h7-17,27,34H,5-6H2,1-4H3,(H,31,33)/b28-26-. The quantitative estimate of drug-likeness (QED) is 0.225. The van der Waals surface area contributed by atoms with Crippen molar-refractivity contribution in [1.29, 1.82) is 0 Å². The van der Waals surface area contributed by atoms with Crippen molar-refractivity contribution in [3.8, 4) is 17.2 Å². The molecule has 3 aromatic carbocycles. The number of anilines is 2. The molecular formula is C30H30N2O7. The molecule has 9 nitrogen and oxygen atoms in total. The largest absolute Gasteiger partial charge is 0.507 e. The molecule has 9 heteroatoms. The summed E-state index contributed by atoms with van der Waals surface area (Å²) in [6, 6.07) is 17.4. The highest BCUT2D eigenvalue weighted by atomic mass is 16.5. The van der Waals surface area contributed by atoms with Crippen LogP contribution in [0.3, 0.4) is 0 Å². The lowest BCUT2D eigenvalue weighted by molar-refractivity contribution is -0.132. The van der Waals surface area contributed by atoms with Gasteiger partial charge in [0.1, 0.15) is 23.0 Å². The Kier molecular flexibility index (Phi) is 8.19. The molecule has 1 aliphatic heterocycles. The number of hydrogen-bond donors (Lipinski definition) is 2. The van der Waals surface area contributed by atoms with Crippen molar-refractivity contribution in [2.24, 2.45) is 0 Å². The minimum atomic E-state index is -0.965. The number of carbonyl (C=O) groups is 3. The van der Waals surface area contributed by atoms with Crippen LogP contribution in [-0.4, -0.2) is 43.0 Å². The highest BCUT2D eigenvalue weighted by Crippen LogP contribution is 2.44. The van der Waals surface area contributed by atoms with Crippen LogP contribution in [0.4, 0.5) is 11.4 Å². The number of ether oxygens (including phenoxy) is 3. The van der Waals surface area contributed by atoms with E-state index in [1.165, 1.54) is 18.9 Å². The number of benzene rings is 3. The summed E-state index contributed by atoms with van der Waals surface area (Å²) in [6.07, 6.45) is 0. The first-order valence-electron chi connectivity index (χ1n) is 12.5. The lowest BCUT2D eigenvalue weighted by Crippen LogP contribution is -2.29. The number of nitrogens with one attached hydrogen (secondary N) is 1. The molecule has 0 aromatic heterocycles. The van der Waals surface area contributed by atoms with E-state index < -0.39 is 17.7 Å². The van der Waals surface area contributed by atoms with Crippen molar-refractivity contribution in [3.05, 3.63) is 83.4 Å². The fraction of sp³-hybridized carbons (Fsp3) is 0.233. The number of rotatable bonds is 9. The Morgan fingerprint density at radius 2 is 1.67 bits per heavy atom. The van der Waals surface area contributed by atoms with Crippen LogP contribution in [0.1, 0.15) is 37.9 Å². The summed E-state index contributed by atoms with van der Waals surface area (Å²) in [4.78, 5) is 39.8. The SMILES string of the molecule is CCOc1ccc(/C(O)=C2/C(=O)C(=O)N(c3ccc(NC(C)=O)cc3)C2c2cccc(OC)c2)c(OCC)c1. The average Bonchev–Trinajstić information content (AvgIpc) is 3.19. The molecule has 1 fully saturated rings. The van der Waals surface area contributed by atoms with E-state index in [-0.39, 0.29) is 22.8 Å². The van der Waals surface area contributed by atoms with Crippen molar-refractivity contribution in [1.82, 2.24) is 0 Å². The van der Waals surface area contributed by atoms with Crippen LogP contribution in [-0.2, 0) is 14.4 Å². The predicted molar refractivity (Wildman–Crippen MR) is 147 cm³/mol. The molecule has 1 heterocycles. The third-order valence-electron chi connectivity index (χ3n) is 6.14. The molecule has 1 unspecified atom stereocenters. The van der Waals surface area contributed by atoms with Gasteiger partial charge in [-0.15, -0.1) is 0 Å². The topological polar surface area (TPSA) is 114 Å². The van der Waals surface area contributed by atoms with Crippen molar-refractivity contribution < 1.29 is 33.7 Å². The highest BCUT2D eigenvalue weighted by Gasteiger charge is 2.47. The third-order valence-corrected chi connectivity index (χ3v) is 6.14. The van der Waals surface area contributed by atoms with E-state index in [1.54, 1.807) is 73.7 Å². The normalized spacial score (nSPS) is 16.2. The highest BCUT2D eigenvalue weighted by molar-refractivity contribution is 6.51. The Morgan fingerprint density at radius 1 is 0.949 bits per heavy atom. The predicted octanol–water partition coefficient (Wildman–Crippen LogP) is 5.08.